The highest BCUT2D eigenvalue weighted by Gasteiger charge is 2.43. The maximum atomic E-state index is 12.3. The van der Waals surface area contributed by atoms with E-state index < -0.39 is 5.60 Å². The summed E-state index contributed by atoms with van der Waals surface area (Å²) in [5.41, 5.74) is 1.52. The summed E-state index contributed by atoms with van der Waals surface area (Å²) < 4.78 is 5.52. The van der Waals surface area contributed by atoms with E-state index in [1.165, 1.54) is 0 Å². The van der Waals surface area contributed by atoms with E-state index in [0.717, 1.165) is 30.2 Å². The van der Waals surface area contributed by atoms with Gasteiger partial charge in [0.15, 0.2) is 0 Å². The Hall–Kier alpha value is -1.85. The molecule has 0 saturated carbocycles. The van der Waals surface area contributed by atoms with Crippen LogP contribution in [0, 0.1) is 13.8 Å². The number of likely N-dealkylation sites (tertiary alicyclic amines) is 1. The highest BCUT2D eigenvalue weighted by atomic mass is 16.6. The molecular formula is C17H26N4O2. The van der Waals surface area contributed by atoms with Crippen LogP contribution in [0.25, 0.3) is 0 Å². The van der Waals surface area contributed by atoms with Crippen molar-refractivity contribution in [1.82, 2.24) is 14.9 Å². The lowest BCUT2D eigenvalue weighted by atomic mass is 10.2. The van der Waals surface area contributed by atoms with Gasteiger partial charge in [-0.3, -0.25) is 0 Å². The van der Waals surface area contributed by atoms with Crippen LogP contribution >= 0.6 is 0 Å². The van der Waals surface area contributed by atoms with E-state index in [9.17, 15) is 4.79 Å². The second kappa shape index (κ2) is 5.65. The molecule has 0 aromatic carbocycles. The first-order valence-electron chi connectivity index (χ1n) is 8.31. The van der Waals surface area contributed by atoms with Crippen molar-refractivity contribution in [3.8, 4) is 0 Å². The van der Waals surface area contributed by atoms with Crippen molar-refractivity contribution in [3.05, 3.63) is 17.5 Å². The monoisotopic (exact) mass is 318 g/mol. The fourth-order valence-electron chi connectivity index (χ4n) is 3.53. The van der Waals surface area contributed by atoms with Gasteiger partial charge in [-0.1, -0.05) is 0 Å². The summed E-state index contributed by atoms with van der Waals surface area (Å²) in [5, 5.41) is 0. The van der Waals surface area contributed by atoms with Crippen LogP contribution in [0.1, 0.15) is 45.0 Å². The first-order chi connectivity index (χ1) is 10.7. The number of amides is 1. The minimum atomic E-state index is -0.454. The number of nitrogens with zero attached hydrogens (tertiary/aromatic N) is 4. The van der Waals surface area contributed by atoms with E-state index in [0.29, 0.717) is 13.1 Å². The molecule has 2 saturated heterocycles. The van der Waals surface area contributed by atoms with Crippen LogP contribution in [0.5, 0.6) is 0 Å². The Balaban J connectivity index is 1.76. The van der Waals surface area contributed by atoms with E-state index in [2.05, 4.69) is 14.9 Å². The summed E-state index contributed by atoms with van der Waals surface area (Å²) in [5.74, 6) is 0.804. The third-order valence-corrected chi connectivity index (χ3v) is 4.34. The molecule has 3 heterocycles. The molecule has 0 radical (unpaired) electrons. The Morgan fingerprint density at radius 2 is 1.65 bits per heavy atom. The molecule has 126 valence electrons. The predicted octanol–water partition coefficient (Wildman–Crippen LogP) is 2.68. The third kappa shape index (κ3) is 3.41. The van der Waals surface area contributed by atoms with Crippen LogP contribution in [0.2, 0.25) is 0 Å². The number of aromatic nitrogens is 2. The zero-order chi connectivity index (χ0) is 16.8. The van der Waals surface area contributed by atoms with Crippen molar-refractivity contribution in [2.45, 2.75) is 65.1 Å². The molecule has 0 spiro atoms. The lowest BCUT2D eigenvalue weighted by molar-refractivity contribution is 0.0208. The van der Waals surface area contributed by atoms with Crippen LogP contribution in [0.4, 0.5) is 10.7 Å². The predicted molar refractivity (Wildman–Crippen MR) is 88.6 cm³/mol. The second-order valence-electron chi connectivity index (χ2n) is 7.63. The minimum Gasteiger partial charge on any atom is -0.444 e. The molecular weight excluding hydrogens is 292 g/mol. The first-order valence-corrected chi connectivity index (χ1v) is 8.31. The highest BCUT2D eigenvalue weighted by Crippen LogP contribution is 2.33. The number of rotatable bonds is 1. The van der Waals surface area contributed by atoms with Crippen molar-refractivity contribution in [3.63, 3.8) is 0 Å². The molecule has 2 atom stereocenters. The number of fused-ring (bicyclic) bond motifs is 2. The topological polar surface area (TPSA) is 58.6 Å². The molecule has 1 aromatic heterocycles. The zero-order valence-corrected chi connectivity index (χ0v) is 14.7. The number of aryl methyl sites for hydroxylation is 2. The normalized spacial score (nSPS) is 24.0. The van der Waals surface area contributed by atoms with Crippen molar-refractivity contribution in [2.24, 2.45) is 0 Å². The van der Waals surface area contributed by atoms with Gasteiger partial charge < -0.3 is 14.5 Å². The van der Waals surface area contributed by atoms with Gasteiger partial charge in [-0.2, -0.15) is 0 Å². The molecule has 23 heavy (non-hydrogen) atoms. The summed E-state index contributed by atoms with van der Waals surface area (Å²) >= 11 is 0. The summed E-state index contributed by atoms with van der Waals surface area (Å²) in [6.45, 7) is 11.1. The Labute approximate surface area is 137 Å². The number of hydrogen-bond donors (Lipinski definition) is 0. The van der Waals surface area contributed by atoms with Gasteiger partial charge >= 0.3 is 6.09 Å². The minimum absolute atomic E-state index is 0.213. The average Bonchev–Trinajstić information content (AvgIpc) is 2.66. The molecule has 6 nitrogen and oxygen atoms in total. The largest absolute Gasteiger partial charge is 0.444 e. The van der Waals surface area contributed by atoms with Gasteiger partial charge in [0.25, 0.3) is 0 Å². The van der Waals surface area contributed by atoms with Gasteiger partial charge in [-0.15, -0.1) is 0 Å². The van der Waals surface area contributed by atoms with Crippen LogP contribution in [-0.2, 0) is 4.74 Å². The Morgan fingerprint density at radius 3 is 2.13 bits per heavy atom. The number of carbonyl (C=O) groups excluding carboxylic acids is 1. The first kappa shape index (κ1) is 16.0. The number of piperazine rings is 1. The van der Waals surface area contributed by atoms with E-state index in [-0.39, 0.29) is 18.2 Å². The van der Waals surface area contributed by atoms with Crippen molar-refractivity contribution in [1.29, 1.82) is 0 Å². The number of anilines is 1. The van der Waals surface area contributed by atoms with Gasteiger partial charge in [0, 0.05) is 24.5 Å². The van der Waals surface area contributed by atoms with Crippen molar-refractivity contribution >= 4 is 12.0 Å². The summed E-state index contributed by atoms with van der Waals surface area (Å²) in [4.78, 5) is 25.7. The summed E-state index contributed by atoms with van der Waals surface area (Å²) in [7, 11) is 0. The van der Waals surface area contributed by atoms with E-state index in [4.69, 9.17) is 4.74 Å². The molecule has 0 aliphatic carbocycles. The number of hydrogen-bond acceptors (Lipinski definition) is 5. The smallest absolute Gasteiger partial charge is 0.410 e. The van der Waals surface area contributed by atoms with E-state index in [1.54, 1.807) is 0 Å². The quantitative estimate of drug-likeness (QED) is 0.797. The Kier molecular flexibility index (Phi) is 3.94. The molecule has 2 aliphatic rings. The summed E-state index contributed by atoms with van der Waals surface area (Å²) in [6, 6.07) is 2.55. The fourth-order valence-corrected chi connectivity index (χ4v) is 3.53. The van der Waals surface area contributed by atoms with Gasteiger partial charge in [0.05, 0.1) is 12.1 Å². The maximum absolute atomic E-state index is 12.3. The molecule has 2 unspecified atom stereocenters. The molecule has 2 fully saturated rings. The Bertz CT molecular complexity index is 577. The van der Waals surface area contributed by atoms with Crippen LogP contribution in [0.15, 0.2) is 6.07 Å². The highest BCUT2D eigenvalue weighted by molar-refractivity contribution is 5.69. The molecule has 1 amide bonds. The summed E-state index contributed by atoms with van der Waals surface area (Å²) in [6.07, 6.45) is 1.93. The van der Waals surface area contributed by atoms with Gasteiger partial charge in [-0.25, -0.2) is 14.8 Å². The van der Waals surface area contributed by atoms with Crippen LogP contribution < -0.4 is 4.90 Å². The van der Waals surface area contributed by atoms with Crippen molar-refractivity contribution in [2.75, 3.05) is 18.0 Å². The molecule has 2 bridgehead atoms. The molecule has 0 N–H and O–H groups in total. The zero-order valence-electron chi connectivity index (χ0n) is 14.7. The van der Waals surface area contributed by atoms with E-state index >= 15 is 0 Å². The SMILES string of the molecule is Cc1cc(C)nc(N2C3CCC2CN(C(=O)OC(C)(C)C)C3)n1. The Morgan fingerprint density at radius 1 is 1.13 bits per heavy atom. The number of carbonyl (C=O) groups is 1. The van der Waals surface area contributed by atoms with Gasteiger partial charge in [0.1, 0.15) is 5.60 Å². The molecule has 6 heteroatoms. The van der Waals surface area contributed by atoms with Crippen molar-refractivity contribution < 1.29 is 9.53 Å². The fraction of sp³-hybridized carbons (Fsp3) is 0.706. The van der Waals surface area contributed by atoms with Crippen LogP contribution in [0.3, 0.4) is 0 Å². The number of ether oxygens (including phenoxy) is 1. The van der Waals surface area contributed by atoms with Gasteiger partial charge in [0.2, 0.25) is 5.95 Å². The molecule has 2 aliphatic heterocycles. The van der Waals surface area contributed by atoms with E-state index in [1.807, 2.05) is 45.6 Å². The molecule has 1 aromatic rings. The van der Waals surface area contributed by atoms with Gasteiger partial charge in [-0.05, 0) is 53.5 Å². The molecule has 3 rings (SSSR count). The maximum Gasteiger partial charge on any atom is 0.410 e. The van der Waals surface area contributed by atoms with Crippen LogP contribution in [-0.4, -0.2) is 51.7 Å². The average molecular weight is 318 g/mol. The lowest BCUT2D eigenvalue weighted by Gasteiger charge is -2.41. The lowest BCUT2D eigenvalue weighted by Crippen LogP contribution is -2.56. The third-order valence-electron chi connectivity index (χ3n) is 4.34. The second-order valence-corrected chi connectivity index (χ2v) is 7.63. The standard InChI is InChI=1S/C17H26N4O2/c1-11-8-12(2)19-15(18-11)21-13-6-7-14(21)10-20(9-13)16(22)23-17(3,4)5/h8,13-14H,6-7,9-10H2,1-5H3.